The van der Waals surface area contributed by atoms with Gasteiger partial charge in [0, 0.05) is 11.1 Å². The summed E-state index contributed by atoms with van der Waals surface area (Å²) in [7, 11) is 1.45. The summed E-state index contributed by atoms with van der Waals surface area (Å²) >= 11 is 0.485. The van der Waals surface area contributed by atoms with Gasteiger partial charge in [-0.05, 0) is 12.1 Å². The third-order valence-corrected chi connectivity index (χ3v) is 3.33. The number of benzene rings is 1. The van der Waals surface area contributed by atoms with Crippen molar-refractivity contribution >= 4 is 23.8 Å². The molecule has 2 rings (SSSR count). The Labute approximate surface area is 129 Å². The van der Waals surface area contributed by atoms with E-state index in [-0.39, 0.29) is 11.6 Å². The van der Waals surface area contributed by atoms with Crippen molar-refractivity contribution in [1.29, 1.82) is 0 Å². The van der Waals surface area contributed by atoms with E-state index in [1.54, 1.807) is 18.2 Å². The molecule has 0 atom stereocenters. The Balaban J connectivity index is 2.57. The first-order valence-electron chi connectivity index (χ1n) is 5.91. The first-order chi connectivity index (χ1) is 10.6. The van der Waals surface area contributed by atoms with Crippen LogP contribution in [0, 0.1) is 10.1 Å². The fraction of sp³-hybridized carbons (Fsp3) is 0.0833. The predicted molar refractivity (Wildman–Crippen MR) is 83.1 cm³/mol. The van der Waals surface area contributed by atoms with Crippen molar-refractivity contribution < 1.29 is 9.07 Å². The average Bonchev–Trinajstić information content (AvgIpc) is 2.48. The smallest absolute Gasteiger partial charge is 0.265 e. The molecular weight excluding hydrogens is 308 g/mol. The van der Waals surface area contributed by atoms with Crippen LogP contribution in [0.1, 0.15) is 5.56 Å². The molecule has 10 heteroatoms. The lowest BCUT2D eigenvalue weighted by Crippen LogP contribution is -2.02. The Kier molecular flexibility index (Phi) is 4.73. The fourth-order valence-electron chi connectivity index (χ4n) is 1.84. The molecule has 0 aliphatic rings. The first-order valence-corrected chi connectivity index (χ1v) is 6.68. The van der Waals surface area contributed by atoms with Crippen molar-refractivity contribution in [2.24, 2.45) is 10.9 Å². The minimum atomic E-state index is -0.500. The molecule has 0 saturated heterocycles. The van der Waals surface area contributed by atoms with Crippen LogP contribution < -0.4 is 16.3 Å². The van der Waals surface area contributed by atoms with E-state index in [1.165, 1.54) is 19.7 Å². The van der Waals surface area contributed by atoms with Gasteiger partial charge in [-0.1, -0.05) is 6.07 Å². The van der Waals surface area contributed by atoms with Crippen LogP contribution in [0.4, 0.5) is 5.69 Å². The molecule has 0 fully saturated rings. The maximum atomic E-state index is 10.6. The lowest BCUT2D eigenvalue weighted by molar-refractivity contribution is -0.284. The highest BCUT2D eigenvalue weighted by atomic mass is 32.2. The third kappa shape index (κ3) is 3.23. The van der Waals surface area contributed by atoms with Gasteiger partial charge in [-0.3, -0.25) is 10.1 Å². The van der Waals surface area contributed by atoms with Gasteiger partial charge in [-0.25, -0.2) is 4.98 Å². The zero-order chi connectivity index (χ0) is 16.1. The summed E-state index contributed by atoms with van der Waals surface area (Å²) in [6, 6.07) is 4.82. The highest BCUT2D eigenvalue weighted by Gasteiger charge is 2.15. The van der Waals surface area contributed by atoms with E-state index in [4.69, 9.17) is 16.3 Å². The van der Waals surface area contributed by atoms with Gasteiger partial charge in [-0.2, -0.15) is 10.1 Å². The lowest BCUT2D eigenvalue weighted by atomic mass is 10.0. The van der Waals surface area contributed by atoms with Gasteiger partial charge in [0.15, 0.2) is 0 Å². The molecule has 0 saturated carbocycles. The molecular formula is C12H12N6O3S. The summed E-state index contributed by atoms with van der Waals surface area (Å²) in [6.07, 6.45) is 2.68. The standard InChI is InChI=1S/C12H12N6O3S/c1-21-12-10(13)11(15-6-16-12)9-3-2-8(22-18(19)20)4-7(9)5-17-14/h2-6H,13-14H2,1H3. The second-order valence-electron chi connectivity index (χ2n) is 3.99. The summed E-state index contributed by atoms with van der Waals surface area (Å²) in [5.74, 6) is 5.43. The summed E-state index contributed by atoms with van der Waals surface area (Å²) in [5, 5.41) is 14.0. The summed E-state index contributed by atoms with van der Waals surface area (Å²) in [5.41, 5.74) is 7.81. The second-order valence-corrected chi connectivity index (χ2v) is 4.94. The van der Waals surface area contributed by atoms with Crippen LogP contribution in [0.5, 0.6) is 5.88 Å². The number of aromatic nitrogens is 2. The van der Waals surface area contributed by atoms with Crippen molar-refractivity contribution in [3.05, 3.63) is 40.2 Å². The highest BCUT2D eigenvalue weighted by molar-refractivity contribution is 7.93. The van der Waals surface area contributed by atoms with Crippen molar-refractivity contribution in [1.82, 2.24) is 9.97 Å². The molecule has 2 aromatic rings. The molecule has 0 aliphatic carbocycles. The number of hydrazone groups is 1. The summed E-state index contributed by atoms with van der Waals surface area (Å²) in [4.78, 5) is 19.1. The van der Waals surface area contributed by atoms with Gasteiger partial charge < -0.3 is 16.3 Å². The SMILES string of the molecule is COc1ncnc(-c2ccc(S[N+](=O)[O-])cc2C=NN)c1N. The van der Waals surface area contributed by atoms with Crippen LogP contribution in [-0.4, -0.2) is 27.6 Å². The molecule has 0 amide bonds. The topological polar surface area (TPSA) is 143 Å². The summed E-state index contributed by atoms with van der Waals surface area (Å²) in [6.45, 7) is 0. The number of nitro groups is 1. The second kappa shape index (κ2) is 6.72. The molecule has 4 N–H and O–H groups in total. The molecule has 0 bridgehead atoms. The van der Waals surface area contributed by atoms with Crippen molar-refractivity contribution in [2.45, 2.75) is 4.90 Å². The average molecular weight is 320 g/mol. The van der Waals surface area contributed by atoms with Crippen LogP contribution in [0.15, 0.2) is 34.5 Å². The molecule has 22 heavy (non-hydrogen) atoms. The van der Waals surface area contributed by atoms with Gasteiger partial charge in [0.25, 0.3) is 11.9 Å². The number of nitrogens with two attached hydrogens (primary N) is 2. The number of ether oxygens (including phenoxy) is 1. The molecule has 1 heterocycles. The van der Waals surface area contributed by atoms with Gasteiger partial charge in [0.05, 0.1) is 18.2 Å². The number of anilines is 1. The van der Waals surface area contributed by atoms with Gasteiger partial charge in [0.2, 0.25) is 5.88 Å². The number of hydrogen-bond acceptors (Lipinski definition) is 9. The number of rotatable bonds is 5. The quantitative estimate of drug-likeness (QED) is 0.276. The molecule has 0 unspecified atom stereocenters. The fourth-order valence-corrected chi connectivity index (χ4v) is 2.32. The lowest BCUT2D eigenvalue weighted by Gasteiger charge is -2.10. The molecule has 0 aliphatic heterocycles. The Morgan fingerprint density at radius 1 is 1.45 bits per heavy atom. The van der Waals surface area contributed by atoms with Crippen molar-refractivity contribution in [3.63, 3.8) is 0 Å². The van der Waals surface area contributed by atoms with E-state index >= 15 is 0 Å². The molecule has 9 nitrogen and oxygen atoms in total. The van der Waals surface area contributed by atoms with E-state index in [9.17, 15) is 10.1 Å². The van der Waals surface area contributed by atoms with Crippen LogP contribution in [0.2, 0.25) is 0 Å². The van der Waals surface area contributed by atoms with Crippen LogP contribution in [0.3, 0.4) is 0 Å². The summed E-state index contributed by atoms with van der Waals surface area (Å²) < 4.78 is 4.56. The van der Waals surface area contributed by atoms with E-state index in [1.807, 2.05) is 0 Å². The molecule has 114 valence electrons. The maximum absolute atomic E-state index is 10.6. The molecule has 0 radical (unpaired) electrons. The largest absolute Gasteiger partial charge is 0.479 e. The Hall–Kier alpha value is -2.88. The zero-order valence-corrected chi connectivity index (χ0v) is 12.3. The third-order valence-electron chi connectivity index (χ3n) is 2.71. The van der Waals surface area contributed by atoms with E-state index in [2.05, 4.69) is 15.1 Å². The monoisotopic (exact) mass is 320 g/mol. The van der Waals surface area contributed by atoms with Crippen LogP contribution in [0.25, 0.3) is 11.3 Å². The number of nitrogens with zero attached hydrogens (tertiary/aromatic N) is 4. The van der Waals surface area contributed by atoms with Crippen LogP contribution >= 0.6 is 11.9 Å². The first kappa shape index (κ1) is 15.5. The Morgan fingerprint density at radius 3 is 2.86 bits per heavy atom. The predicted octanol–water partition coefficient (Wildman–Crippen LogP) is 1.31. The molecule has 0 spiro atoms. The van der Waals surface area contributed by atoms with E-state index in [0.29, 0.717) is 33.7 Å². The van der Waals surface area contributed by atoms with Gasteiger partial charge in [0.1, 0.15) is 22.0 Å². The number of hydrogen-bond donors (Lipinski definition) is 2. The zero-order valence-electron chi connectivity index (χ0n) is 11.5. The Morgan fingerprint density at radius 2 is 2.23 bits per heavy atom. The van der Waals surface area contributed by atoms with Crippen molar-refractivity contribution in [2.75, 3.05) is 12.8 Å². The molecule has 1 aromatic heterocycles. The van der Waals surface area contributed by atoms with E-state index in [0.717, 1.165) is 0 Å². The minimum Gasteiger partial charge on any atom is -0.479 e. The maximum Gasteiger partial charge on any atom is 0.265 e. The normalized spacial score (nSPS) is 10.8. The van der Waals surface area contributed by atoms with Gasteiger partial charge >= 0.3 is 0 Å². The number of nitrogen functional groups attached to an aromatic ring is 1. The van der Waals surface area contributed by atoms with Crippen LogP contribution in [-0.2, 0) is 0 Å². The minimum absolute atomic E-state index is 0.240. The van der Waals surface area contributed by atoms with Crippen molar-refractivity contribution in [3.8, 4) is 17.1 Å². The molecule has 1 aromatic carbocycles. The van der Waals surface area contributed by atoms with E-state index < -0.39 is 4.33 Å². The van der Waals surface area contributed by atoms with Gasteiger partial charge in [-0.15, -0.1) is 0 Å². The number of methoxy groups -OCH3 is 1. The Bertz CT molecular complexity index is 737. The highest BCUT2D eigenvalue weighted by Crippen LogP contribution is 2.33.